The summed E-state index contributed by atoms with van der Waals surface area (Å²) in [5.74, 6) is 0.384. The Bertz CT molecular complexity index is 1420. The Labute approximate surface area is 186 Å². The van der Waals surface area contributed by atoms with Crippen molar-refractivity contribution in [3.8, 4) is 22.4 Å². The minimum absolute atomic E-state index is 0.299. The maximum Gasteiger partial charge on any atom is 0.146 e. The highest BCUT2D eigenvalue weighted by molar-refractivity contribution is 5.92. The van der Waals surface area contributed by atoms with E-state index in [4.69, 9.17) is 4.98 Å². The summed E-state index contributed by atoms with van der Waals surface area (Å²) in [6.45, 7) is 4.94. The van der Waals surface area contributed by atoms with Crippen molar-refractivity contribution >= 4 is 22.3 Å². The van der Waals surface area contributed by atoms with E-state index < -0.39 is 0 Å². The lowest BCUT2D eigenvalue weighted by molar-refractivity contribution is 0.632. The molecule has 32 heavy (non-hydrogen) atoms. The molecule has 5 rings (SSSR count). The quantitative estimate of drug-likeness (QED) is 0.332. The highest BCUT2D eigenvalue weighted by Crippen LogP contribution is 2.37. The van der Waals surface area contributed by atoms with Crippen LogP contribution in [0.25, 0.3) is 33.3 Å². The van der Waals surface area contributed by atoms with Crippen LogP contribution in [0.3, 0.4) is 0 Å². The number of anilines is 2. The molecule has 3 aromatic carbocycles. The highest BCUT2D eigenvalue weighted by atomic mass is 19.1. The summed E-state index contributed by atoms with van der Waals surface area (Å²) in [7, 11) is 0. The summed E-state index contributed by atoms with van der Waals surface area (Å²) < 4.78 is 16.5. The topological polar surface area (TPSA) is 42.7 Å². The van der Waals surface area contributed by atoms with Crippen molar-refractivity contribution in [1.82, 2.24) is 14.5 Å². The summed E-state index contributed by atoms with van der Waals surface area (Å²) in [6, 6.07) is 23.1. The van der Waals surface area contributed by atoms with Gasteiger partial charge in [-0.05, 0) is 55.8 Å². The van der Waals surface area contributed by atoms with Crippen molar-refractivity contribution in [2.75, 3.05) is 5.32 Å². The Balaban J connectivity index is 1.65. The van der Waals surface area contributed by atoms with Crippen molar-refractivity contribution < 1.29 is 4.39 Å². The standard InChI is InChI=1S/C27H23FN4/c1-3-32-15-14-20-16-19(12-13-26(20)32)22-17-29-18(2)30-27(22)21-8-4-6-10-24(21)31-25-11-7-5-9-23(25)28/h4-17,31H,3H2,1-2H3. The number of hydrogen-bond donors (Lipinski definition) is 1. The molecule has 0 bridgehead atoms. The molecule has 0 fully saturated rings. The number of fused-ring (bicyclic) bond motifs is 1. The molecule has 0 radical (unpaired) electrons. The first kappa shape index (κ1) is 19.9. The molecule has 0 atom stereocenters. The van der Waals surface area contributed by atoms with Crippen LogP contribution in [0.4, 0.5) is 15.8 Å². The molecule has 4 nitrogen and oxygen atoms in total. The first-order valence-electron chi connectivity index (χ1n) is 10.7. The van der Waals surface area contributed by atoms with Gasteiger partial charge < -0.3 is 9.88 Å². The summed E-state index contributed by atoms with van der Waals surface area (Å²) in [4.78, 5) is 9.27. The molecule has 158 valence electrons. The monoisotopic (exact) mass is 422 g/mol. The van der Waals surface area contributed by atoms with E-state index in [1.807, 2.05) is 43.5 Å². The number of halogens is 1. The number of nitrogens with zero attached hydrogens (tertiary/aromatic N) is 3. The van der Waals surface area contributed by atoms with Crippen molar-refractivity contribution in [1.29, 1.82) is 0 Å². The molecular formula is C27H23FN4. The minimum Gasteiger partial charge on any atom is -0.353 e. The lowest BCUT2D eigenvalue weighted by Gasteiger charge is -2.15. The predicted molar refractivity (Wildman–Crippen MR) is 128 cm³/mol. The van der Waals surface area contributed by atoms with Gasteiger partial charge in [-0.3, -0.25) is 0 Å². The van der Waals surface area contributed by atoms with Crippen LogP contribution < -0.4 is 5.32 Å². The van der Waals surface area contributed by atoms with Crippen LogP contribution in [-0.2, 0) is 6.54 Å². The molecule has 2 aromatic heterocycles. The second kappa shape index (κ2) is 8.27. The summed E-state index contributed by atoms with van der Waals surface area (Å²) in [5.41, 5.74) is 6.09. The van der Waals surface area contributed by atoms with Crippen LogP contribution in [0.5, 0.6) is 0 Å². The van der Waals surface area contributed by atoms with Crippen molar-refractivity contribution in [2.45, 2.75) is 20.4 Å². The lowest BCUT2D eigenvalue weighted by Crippen LogP contribution is -2.00. The molecule has 0 saturated carbocycles. The molecule has 0 amide bonds. The van der Waals surface area contributed by atoms with E-state index in [1.165, 1.54) is 17.0 Å². The third kappa shape index (κ3) is 3.62. The summed E-state index contributed by atoms with van der Waals surface area (Å²) >= 11 is 0. The van der Waals surface area contributed by atoms with Crippen molar-refractivity contribution in [2.24, 2.45) is 0 Å². The average Bonchev–Trinajstić information content (AvgIpc) is 3.23. The van der Waals surface area contributed by atoms with Gasteiger partial charge in [0.2, 0.25) is 0 Å². The number of para-hydroxylation sites is 2. The number of aromatic nitrogens is 3. The number of benzene rings is 3. The van der Waals surface area contributed by atoms with Crippen LogP contribution >= 0.6 is 0 Å². The normalized spacial score (nSPS) is 11.1. The molecule has 0 aliphatic rings. The smallest absolute Gasteiger partial charge is 0.146 e. The second-order valence-corrected chi connectivity index (χ2v) is 7.71. The third-order valence-electron chi connectivity index (χ3n) is 5.66. The van der Waals surface area contributed by atoms with Gasteiger partial charge in [0.15, 0.2) is 0 Å². The molecule has 2 heterocycles. The van der Waals surface area contributed by atoms with Crippen LogP contribution in [0.15, 0.2) is 85.2 Å². The number of aryl methyl sites for hydroxylation is 2. The van der Waals surface area contributed by atoms with E-state index in [9.17, 15) is 4.39 Å². The average molecular weight is 423 g/mol. The van der Waals surface area contributed by atoms with Gasteiger partial charge in [-0.15, -0.1) is 0 Å². The molecule has 0 spiro atoms. The van der Waals surface area contributed by atoms with Gasteiger partial charge in [0.25, 0.3) is 0 Å². The first-order chi connectivity index (χ1) is 15.6. The molecule has 5 heteroatoms. The molecule has 1 N–H and O–H groups in total. The molecule has 0 aliphatic carbocycles. The van der Waals surface area contributed by atoms with Gasteiger partial charge in [0, 0.05) is 46.7 Å². The van der Waals surface area contributed by atoms with Crippen LogP contribution in [0, 0.1) is 12.7 Å². The van der Waals surface area contributed by atoms with E-state index in [-0.39, 0.29) is 5.82 Å². The number of nitrogens with one attached hydrogen (secondary N) is 1. The Hall–Kier alpha value is -3.99. The van der Waals surface area contributed by atoms with Crippen LogP contribution in [0.2, 0.25) is 0 Å². The van der Waals surface area contributed by atoms with Crippen molar-refractivity contribution in [3.63, 3.8) is 0 Å². The number of hydrogen-bond acceptors (Lipinski definition) is 3. The number of rotatable bonds is 5. The van der Waals surface area contributed by atoms with Crippen LogP contribution in [-0.4, -0.2) is 14.5 Å². The van der Waals surface area contributed by atoms with Crippen molar-refractivity contribution in [3.05, 3.63) is 96.8 Å². The highest BCUT2D eigenvalue weighted by Gasteiger charge is 2.15. The van der Waals surface area contributed by atoms with Gasteiger partial charge in [-0.1, -0.05) is 36.4 Å². The SMILES string of the molecule is CCn1ccc2cc(-c3cnc(C)nc3-c3ccccc3Nc3ccccc3F)ccc21. The zero-order chi connectivity index (χ0) is 22.1. The van der Waals surface area contributed by atoms with Gasteiger partial charge in [-0.25, -0.2) is 14.4 Å². The van der Waals surface area contributed by atoms with Gasteiger partial charge in [0.05, 0.1) is 11.4 Å². The predicted octanol–water partition coefficient (Wildman–Crippen LogP) is 6.98. The van der Waals surface area contributed by atoms with E-state index in [0.717, 1.165) is 34.6 Å². The molecule has 5 aromatic rings. The maximum atomic E-state index is 14.3. The Morgan fingerprint density at radius 2 is 1.69 bits per heavy atom. The first-order valence-corrected chi connectivity index (χ1v) is 10.7. The fourth-order valence-corrected chi connectivity index (χ4v) is 4.04. The molecular weight excluding hydrogens is 399 g/mol. The summed E-state index contributed by atoms with van der Waals surface area (Å²) in [5, 5.41) is 4.41. The molecule has 0 unspecified atom stereocenters. The van der Waals surface area contributed by atoms with E-state index in [2.05, 4.69) is 52.3 Å². The maximum absolute atomic E-state index is 14.3. The molecule has 0 aliphatic heterocycles. The third-order valence-corrected chi connectivity index (χ3v) is 5.66. The van der Waals surface area contributed by atoms with Gasteiger partial charge in [-0.2, -0.15) is 0 Å². The second-order valence-electron chi connectivity index (χ2n) is 7.71. The lowest BCUT2D eigenvalue weighted by atomic mass is 9.98. The fourth-order valence-electron chi connectivity index (χ4n) is 4.04. The van der Waals surface area contributed by atoms with Crippen LogP contribution in [0.1, 0.15) is 12.7 Å². The zero-order valence-corrected chi connectivity index (χ0v) is 18.0. The largest absolute Gasteiger partial charge is 0.353 e. The summed E-state index contributed by atoms with van der Waals surface area (Å²) in [6.07, 6.45) is 3.98. The van der Waals surface area contributed by atoms with Gasteiger partial charge in [0.1, 0.15) is 11.6 Å². The minimum atomic E-state index is -0.299. The Morgan fingerprint density at radius 3 is 2.50 bits per heavy atom. The Morgan fingerprint density at radius 1 is 0.906 bits per heavy atom. The fraction of sp³-hybridized carbons (Fsp3) is 0.111. The van der Waals surface area contributed by atoms with E-state index in [0.29, 0.717) is 11.5 Å². The zero-order valence-electron chi connectivity index (χ0n) is 18.0. The van der Waals surface area contributed by atoms with E-state index in [1.54, 1.807) is 12.1 Å². The Kier molecular flexibility index (Phi) is 5.15. The van der Waals surface area contributed by atoms with E-state index >= 15 is 0 Å². The molecule has 0 saturated heterocycles. The van der Waals surface area contributed by atoms with Gasteiger partial charge >= 0.3 is 0 Å².